The molecule has 1 aliphatic carbocycles. The van der Waals surface area contributed by atoms with Crippen LogP contribution in [0.5, 0.6) is 0 Å². The van der Waals surface area contributed by atoms with Crippen LogP contribution in [-0.2, 0) is 0 Å². The van der Waals surface area contributed by atoms with Crippen LogP contribution in [0.4, 0.5) is 11.4 Å². The third kappa shape index (κ3) is 2.51. The lowest BCUT2D eigenvalue weighted by Crippen LogP contribution is -2.05. The summed E-state index contributed by atoms with van der Waals surface area (Å²) in [6.07, 6.45) is 6.79. The maximum atomic E-state index is 11.3. The fraction of sp³-hybridized carbons (Fsp3) is 0.357. The van der Waals surface area contributed by atoms with Gasteiger partial charge in [0.1, 0.15) is 5.69 Å². The first-order valence-corrected chi connectivity index (χ1v) is 7.56. The highest BCUT2D eigenvalue weighted by Gasteiger charge is 2.20. The lowest BCUT2D eigenvalue weighted by Gasteiger charge is -2.08. The van der Waals surface area contributed by atoms with Crippen molar-refractivity contribution in [1.29, 1.82) is 0 Å². The molecule has 1 aromatic carbocycles. The van der Waals surface area contributed by atoms with Crippen LogP contribution >= 0.6 is 11.3 Å². The largest absolute Gasteiger partial charge is 0.379 e. The maximum absolute atomic E-state index is 11.3. The summed E-state index contributed by atoms with van der Waals surface area (Å²) in [6.45, 7) is 0.725. The quantitative estimate of drug-likeness (QED) is 0.511. The van der Waals surface area contributed by atoms with Gasteiger partial charge in [-0.15, -0.1) is 11.3 Å². The van der Waals surface area contributed by atoms with Gasteiger partial charge in [0.25, 0.3) is 0 Å². The minimum absolute atomic E-state index is 0.0872. The first-order chi connectivity index (χ1) is 9.75. The van der Waals surface area contributed by atoms with E-state index in [4.69, 9.17) is 0 Å². The molecule has 20 heavy (non-hydrogen) atoms. The van der Waals surface area contributed by atoms with Gasteiger partial charge in [0.05, 0.1) is 15.1 Å². The van der Waals surface area contributed by atoms with Gasteiger partial charge in [-0.25, -0.2) is 4.98 Å². The number of rotatable bonds is 5. The van der Waals surface area contributed by atoms with Gasteiger partial charge in [0, 0.05) is 6.54 Å². The van der Waals surface area contributed by atoms with Crippen molar-refractivity contribution in [2.24, 2.45) is 0 Å². The molecule has 0 spiro atoms. The second-order valence-corrected chi connectivity index (χ2v) is 5.74. The Labute approximate surface area is 120 Å². The van der Waals surface area contributed by atoms with Crippen LogP contribution < -0.4 is 5.32 Å². The maximum Gasteiger partial charge on any atom is 0.319 e. The van der Waals surface area contributed by atoms with Crippen molar-refractivity contribution in [2.75, 3.05) is 11.9 Å². The monoisotopic (exact) mass is 289 g/mol. The van der Waals surface area contributed by atoms with E-state index in [1.54, 1.807) is 11.6 Å². The SMILES string of the molecule is O=[N+]([O-])c1c(NCCC2=CCCC2)ccc2scnc12. The molecule has 1 N–H and O–H groups in total. The number of nitrogens with zero attached hydrogens (tertiary/aromatic N) is 2. The predicted octanol–water partition coefficient (Wildman–Crippen LogP) is 4.12. The molecule has 0 unspecified atom stereocenters. The number of fused-ring (bicyclic) bond motifs is 1. The summed E-state index contributed by atoms with van der Waals surface area (Å²) in [4.78, 5) is 15.0. The molecule has 0 bridgehead atoms. The van der Waals surface area contributed by atoms with E-state index in [9.17, 15) is 10.1 Å². The Morgan fingerprint density at radius 2 is 2.35 bits per heavy atom. The minimum Gasteiger partial charge on any atom is -0.379 e. The molecule has 0 saturated carbocycles. The summed E-state index contributed by atoms with van der Waals surface area (Å²) in [7, 11) is 0. The van der Waals surface area contributed by atoms with Gasteiger partial charge in [0.15, 0.2) is 5.52 Å². The van der Waals surface area contributed by atoms with E-state index in [2.05, 4.69) is 16.4 Å². The zero-order chi connectivity index (χ0) is 13.9. The zero-order valence-corrected chi connectivity index (χ0v) is 11.8. The van der Waals surface area contributed by atoms with Gasteiger partial charge < -0.3 is 5.32 Å². The summed E-state index contributed by atoms with van der Waals surface area (Å²) in [6, 6.07) is 3.67. The molecular formula is C14H15N3O2S. The Morgan fingerprint density at radius 3 is 3.10 bits per heavy atom. The molecule has 1 heterocycles. The highest BCUT2D eigenvalue weighted by molar-refractivity contribution is 7.16. The normalized spacial score (nSPS) is 14.5. The molecule has 5 nitrogen and oxygen atoms in total. The van der Waals surface area contributed by atoms with E-state index in [1.807, 2.05) is 6.07 Å². The molecule has 104 valence electrons. The number of nitro groups is 1. The zero-order valence-electron chi connectivity index (χ0n) is 11.0. The fourth-order valence-electron chi connectivity index (χ4n) is 2.57. The Hall–Kier alpha value is -1.95. The lowest BCUT2D eigenvalue weighted by atomic mass is 10.1. The average Bonchev–Trinajstić information content (AvgIpc) is 3.07. The molecule has 6 heteroatoms. The van der Waals surface area contributed by atoms with E-state index >= 15 is 0 Å². The van der Waals surface area contributed by atoms with Crippen molar-refractivity contribution in [3.8, 4) is 0 Å². The Balaban J connectivity index is 1.79. The van der Waals surface area contributed by atoms with E-state index < -0.39 is 0 Å². The van der Waals surface area contributed by atoms with Crippen LogP contribution in [0.15, 0.2) is 29.3 Å². The van der Waals surface area contributed by atoms with Gasteiger partial charge >= 0.3 is 5.69 Å². The number of hydrogen-bond donors (Lipinski definition) is 1. The predicted molar refractivity (Wildman–Crippen MR) is 81.3 cm³/mol. The summed E-state index contributed by atoms with van der Waals surface area (Å²) < 4.78 is 0.848. The number of anilines is 1. The Bertz CT molecular complexity index is 678. The van der Waals surface area contributed by atoms with Crippen LogP contribution in [0.1, 0.15) is 25.7 Å². The third-order valence-electron chi connectivity index (χ3n) is 3.55. The number of aromatic nitrogens is 1. The van der Waals surface area contributed by atoms with Crippen molar-refractivity contribution < 1.29 is 4.92 Å². The molecule has 0 amide bonds. The molecule has 2 aromatic rings. The summed E-state index contributed by atoms with van der Waals surface area (Å²) >= 11 is 1.42. The summed E-state index contributed by atoms with van der Waals surface area (Å²) in [5, 5.41) is 14.5. The topological polar surface area (TPSA) is 68.1 Å². The summed E-state index contributed by atoms with van der Waals surface area (Å²) in [5.41, 5.74) is 4.22. The van der Waals surface area contributed by atoms with Gasteiger partial charge in [-0.3, -0.25) is 10.1 Å². The Kier molecular flexibility index (Phi) is 3.64. The molecule has 0 aliphatic heterocycles. The standard InChI is InChI=1S/C14H15N3O2S/c18-17(19)14-11(5-6-12-13(14)16-9-20-12)15-8-7-10-3-1-2-4-10/h3,5-6,9,15H,1-2,4,7-8H2. The van der Waals surface area contributed by atoms with Crippen LogP contribution in [0.2, 0.25) is 0 Å². The molecule has 1 aromatic heterocycles. The summed E-state index contributed by atoms with van der Waals surface area (Å²) in [5.74, 6) is 0. The number of allylic oxidation sites excluding steroid dienone is 1. The molecular weight excluding hydrogens is 274 g/mol. The van der Waals surface area contributed by atoms with Crippen LogP contribution in [-0.4, -0.2) is 16.5 Å². The van der Waals surface area contributed by atoms with Gasteiger partial charge in [0.2, 0.25) is 0 Å². The highest BCUT2D eigenvalue weighted by Crippen LogP contribution is 2.34. The molecule has 0 saturated heterocycles. The van der Waals surface area contributed by atoms with Gasteiger partial charge in [-0.1, -0.05) is 11.6 Å². The number of nitrogens with one attached hydrogen (secondary N) is 1. The fourth-order valence-corrected chi connectivity index (χ4v) is 3.25. The number of thiazole rings is 1. The van der Waals surface area contributed by atoms with Gasteiger partial charge in [-0.05, 0) is 37.8 Å². The van der Waals surface area contributed by atoms with Crippen molar-refractivity contribution in [1.82, 2.24) is 4.98 Å². The van der Waals surface area contributed by atoms with Crippen molar-refractivity contribution in [3.63, 3.8) is 0 Å². The highest BCUT2D eigenvalue weighted by atomic mass is 32.1. The smallest absolute Gasteiger partial charge is 0.319 e. The van der Waals surface area contributed by atoms with E-state index in [0.717, 1.165) is 24.1 Å². The van der Waals surface area contributed by atoms with Crippen molar-refractivity contribution in [3.05, 3.63) is 39.4 Å². The molecule has 0 radical (unpaired) electrons. The number of nitro benzene ring substituents is 1. The van der Waals surface area contributed by atoms with Crippen molar-refractivity contribution in [2.45, 2.75) is 25.7 Å². The minimum atomic E-state index is -0.348. The molecule has 3 rings (SSSR count). The molecule has 0 fully saturated rings. The van der Waals surface area contributed by atoms with Crippen molar-refractivity contribution >= 4 is 32.9 Å². The molecule has 1 aliphatic rings. The lowest BCUT2D eigenvalue weighted by molar-refractivity contribution is -0.382. The van der Waals surface area contributed by atoms with E-state index in [1.165, 1.54) is 29.8 Å². The van der Waals surface area contributed by atoms with E-state index in [-0.39, 0.29) is 10.6 Å². The first kappa shape index (κ1) is 13.1. The van der Waals surface area contributed by atoms with Crippen LogP contribution in [0, 0.1) is 10.1 Å². The van der Waals surface area contributed by atoms with E-state index in [0.29, 0.717) is 11.2 Å². The molecule has 0 atom stereocenters. The van der Waals surface area contributed by atoms with Crippen LogP contribution in [0.3, 0.4) is 0 Å². The average molecular weight is 289 g/mol. The number of benzene rings is 1. The second-order valence-electron chi connectivity index (χ2n) is 4.85. The third-order valence-corrected chi connectivity index (χ3v) is 4.35. The van der Waals surface area contributed by atoms with Crippen LogP contribution in [0.25, 0.3) is 10.2 Å². The van der Waals surface area contributed by atoms with Gasteiger partial charge in [-0.2, -0.15) is 0 Å². The second kappa shape index (κ2) is 5.58. The first-order valence-electron chi connectivity index (χ1n) is 6.68. The number of hydrogen-bond acceptors (Lipinski definition) is 5. The Morgan fingerprint density at radius 1 is 1.45 bits per heavy atom.